The van der Waals surface area contributed by atoms with Gasteiger partial charge in [0.05, 0.1) is 0 Å². The smallest absolute Gasteiger partial charge is 0.0309 e. The first-order chi connectivity index (χ1) is 9.46. The molecule has 3 rings (SSSR count). The van der Waals surface area contributed by atoms with E-state index in [-0.39, 0.29) is 0 Å². The molecule has 1 aliphatic heterocycles. The molecule has 20 heavy (non-hydrogen) atoms. The van der Waals surface area contributed by atoms with Crippen LogP contribution in [0.5, 0.6) is 0 Å². The van der Waals surface area contributed by atoms with Crippen molar-refractivity contribution in [1.29, 1.82) is 0 Å². The van der Waals surface area contributed by atoms with E-state index in [2.05, 4.69) is 56.1 Å². The number of piperazine rings is 1. The number of nitrogens with zero attached hydrogens (tertiary/aromatic N) is 1. The fourth-order valence-electron chi connectivity index (χ4n) is 3.74. The Labute approximate surface area is 123 Å². The average molecular weight is 272 g/mol. The molecule has 1 aliphatic carbocycles. The van der Waals surface area contributed by atoms with Crippen molar-refractivity contribution in [1.82, 2.24) is 10.2 Å². The normalized spacial score (nSPS) is 31.5. The van der Waals surface area contributed by atoms with Gasteiger partial charge in [-0.1, -0.05) is 29.3 Å². The number of rotatable bonds is 3. The molecule has 1 saturated carbocycles. The molecule has 110 valence electrons. The molecule has 1 heterocycles. The van der Waals surface area contributed by atoms with Crippen LogP contribution < -0.4 is 5.32 Å². The molecule has 1 aromatic carbocycles. The largest absolute Gasteiger partial charge is 0.308 e. The lowest BCUT2D eigenvalue weighted by atomic mass is 9.91. The molecular weight excluding hydrogens is 244 g/mol. The van der Waals surface area contributed by atoms with E-state index in [1.807, 2.05) is 0 Å². The minimum absolute atomic E-state index is 0.339. The van der Waals surface area contributed by atoms with Crippen LogP contribution in [0.25, 0.3) is 0 Å². The van der Waals surface area contributed by atoms with Crippen molar-refractivity contribution in [2.75, 3.05) is 13.1 Å². The Morgan fingerprint density at radius 2 is 1.85 bits per heavy atom. The summed E-state index contributed by atoms with van der Waals surface area (Å²) in [7, 11) is 0. The van der Waals surface area contributed by atoms with Crippen molar-refractivity contribution in [3.05, 3.63) is 34.9 Å². The topological polar surface area (TPSA) is 15.3 Å². The Morgan fingerprint density at radius 3 is 2.45 bits per heavy atom. The van der Waals surface area contributed by atoms with Crippen LogP contribution >= 0.6 is 0 Å². The van der Waals surface area contributed by atoms with E-state index in [4.69, 9.17) is 0 Å². The molecule has 0 amide bonds. The molecule has 1 N–H and O–H groups in total. The molecule has 0 bridgehead atoms. The Hall–Kier alpha value is -0.860. The second kappa shape index (κ2) is 5.16. The summed E-state index contributed by atoms with van der Waals surface area (Å²) in [6, 6.07) is 7.58. The lowest BCUT2D eigenvalue weighted by Crippen LogP contribution is -2.62. The molecule has 0 aromatic heterocycles. The molecule has 2 aliphatic rings. The van der Waals surface area contributed by atoms with Crippen molar-refractivity contribution >= 4 is 0 Å². The quantitative estimate of drug-likeness (QED) is 0.908. The van der Waals surface area contributed by atoms with Gasteiger partial charge in [-0.3, -0.25) is 4.90 Å². The maximum absolute atomic E-state index is 3.80. The van der Waals surface area contributed by atoms with Crippen LogP contribution in [0.4, 0.5) is 0 Å². The van der Waals surface area contributed by atoms with Crippen molar-refractivity contribution in [2.45, 2.75) is 58.7 Å². The first-order valence-corrected chi connectivity index (χ1v) is 8.02. The summed E-state index contributed by atoms with van der Waals surface area (Å²) in [5, 5.41) is 3.80. The highest BCUT2D eigenvalue weighted by molar-refractivity contribution is 5.28. The molecule has 2 heteroatoms. The monoisotopic (exact) mass is 272 g/mol. The summed E-state index contributed by atoms with van der Waals surface area (Å²) in [6.45, 7) is 12.6. The van der Waals surface area contributed by atoms with Crippen LogP contribution in [-0.2, 0) is 6.54 Å². The van der Waals surface area contributed by atoms with Gasteiger partial charge in [-0.05, 0) is 52.0 Å². The fraction of sp³-hybridized carbons (Fsp3) is 0.667. The summed E-state index contributed by atoms with van der Waals surface area (Å²) in [6.07, 6.45) is 2.82. The Balaban J connectivity index is 1.74. The van der Waals surface area contributed by atoms with E-state index in [0.717, 1.165) is 19.0 Å². The number of nitrogens with one attached hydrogen (secondary N) is 1. The summed E-state index contributed by atoms with van der Waals surface area (Å²) in [4.78, 5) is 2.67. The van der Waals surface area contributed by atoms with E-state index in [9.17, 15) is 0 Å². The number of hydrogen-bond donors (Lipinski definition) is 1. The first-order valence-electron chi connectivity index (χ1n) is 8.02. The summed E-state index contributed by atoms with van der Waals surface area (Å²) in [5.41, 5.74) is 4.57. The molecular formula is C18H28N2. The Morgan fingerprint density at radius 1 is 1.20 bits per heavy atom. The lowest BCUT2D eigenvalue weighted by Gasteiger charge is -2.45. The molecule has 2 atom stereocenters. The van der Waals surface area contributed by atoms with Crippen LogP contribution in [0, 0.1) is 19.8 Å². The van der Waals surface area contributed by atoms with Crippen LogP contribution in [0.1, 0.15) is 43.4 Å². The van der Waals surface area contributed by atoms with Gasteiger partial charge in [0.2, 0.25) is 0 Å². The molecule has 2 unspecified atom stereocenters. The van der Waals surface area contributed by atoms with Gasteiger partial charge in [0.25, 0.3) is 0 Å². The zero-order valence-corrected chi connectivity index (χ0v) is 13.4. The Bertz CT molecular complexity index is 472. The van der Waals surface area contributed by atoms with E-state index < -0.39 is 0 Å². The zero-order chi connectivity index (χ0) is 14.3. The second-order valence-electron chi connectivity index (χ2n) is 7.32. The highest BCUT2D eigenvalue weighted by Crippen LogP contribution is 2.41. The summed E-state index contributed by atoms with van der Waals surface area (Å²) >= 11 is 0. The molecule has 2 nitrogen and oxygen atoms in total. The van der Waals surface area contributed by atoms with Crippen molar-refractivity contribution < 1.29 is 0 Å². The molecule has 1 aromatic rings. The average Bonchev–Trinajstić information content (AvgIpc) is 3.17. The predicted molar refractivity (Wildman–Crippen MR) is 84.9 cm³/mol. The van der Waals surface area contributed by atoms with E-state index in [1.54, 1.807) is 0 Å². The van der Waals surface area contributed by atoms with E-state index in [0.29, 0.717) is 11.6 Å². The van der Waals surface area contributed by atoms with E-state index in [1.165, 1.54) is 36.1 Å². The highest BCUT2D eigenvalue weighted by atomic mass is 15.3. The molecule has 0 spiro atoms. The van der Waals surface area contributed by atoms with Gasteiger partial charge in [-0.2, -0.15) is 0 Å². The van der Waals surface area contributed by atoms with Crippen LogP contribution in [0.3, 0.4) is 0 Å². The summed E-state index contributed by atoms with van der Waals surface area (Å²) in [5.74, 6) is 0.900. The van der Waals surface area contributed by atoms with Gasteiger partial charge >= 0.3 is 0 Å². The van der Waals surface area contributed by atoms with E-state index >= 15 is 0 Å². The third kappa shape index (κ3) is 2.91. The van der Waals surface area contributed by atoms with Crippen LogP contribution in [-0.4, -0.2) is 29.6 Å². The number of benzene rings is 1. The predicted octanol–water partition coefficient (Wildman–Crippen LogP) is 3.27. The molecule has 2 fully saturated rings. The first kappa shape index (κ1) is 14.1. The Kier molecular flexibility index (Phi) is 3.64. The number of aryl methyl sites for hydroxylation is 2. The minimum Gasteiger partial charge on any atom is -0.308 e. The molecule has 1 saturated heterocycles. The van der Waals surface area contributed by atoms with Crippen LogP contribution in [0.2, 0.25) is 0 Å². The fourth-order valence-corrected chi connectivity index (χ4v) is 3.74. The van der Waals surface area contributed by atoms with Gasteiger partial charge in [0.1, 0.15) is 0 Å². The SMILES string of the molecule is Cc1cc(C)cc(CN2CC(C)(C3CC3)NCC2C)c1. The van der Waals surface area contributed by atoms with Crippen LogP contribution in [0.15, 0.2) is 18.2 Å². The maximum atomic E-state index is 3.80. The highest BCUT2D eigenvalue weighted by Gasteiger charge is 2.45. The standard InChI is InChI=1S/C18H28N2/c1-13-7-14(2)9-16(8-13)11-20-12-18(4,17-5-6-17)19-10-15(20)3/h7-9,15,17,19H,5-6,10-12H2,1-4H3. The van der Waals surface area contributed by atoms with Crippen molar-refractivity contribution in [2.24, 2.45) is 5.92 Å². The van der Waals surface area contributed by atoms with Gasteiger partial charge < -0.3 is 5.32 Å². The van der Waals surface area contributed by atoms with Gasteiger partial charge in [-0.15, -0.1) is 0 Å². The third-order valence-corrected chi connectivity index (χ3v) is 5.10. The second-order valence-corrected chi connectivity index (χ2v) is 7.32. The summed E-state index contributed by atoms with van der Waals surface area (Å²) < 4.78 is 0. The van der Waals surface area contributed by atoms with Gasteiger partial charge in [0, 0.05) is 31.2 Å². The van der Waals surface area contributed by atoms with Gasteiger partial charge in [-0.25, -0.2) is 0 Å². The zero-order valence-electron chi connectivity index (χ0n) is 13.4. The minimum atomic E-state index is 0.339. The maximum Gasteiger partial charge on any atom is 0.0309 e. The lowest BCUT2D eigenvalue weighted by molar-refractivity contribution is 0.0770. The number of hydrogen-bond acceptors (Lipinski definition) is 2. The van der Waals surface area contributed by atoms with Crippen molar-refractivity contribution in [3.8, 4) is 0 Å². The third-order valence-electron chi connectivity index (χ3n) is 5.10. The van der Waals surface area contributed by atoms with Crippen molar-refractivity contribution in [3.63, 3.8) is 0 Å². The molecule has 0 radical (unpaired) electrons. The van der Waals surface area contributed by atoms with Gasteiger partial charge in [0.15, 0.2) is 0 Å².